The molecule has 5 N–H and O–H groups in total. The van der Waals surface area contributed by atoms with Crippen LogP contribution in [0.15, 0.2) is 76.5 Å². The smallest absolute Gasteiger partial charge is 0.252 e. The monoisotopic (exact) mass is 490 g/mol. The van der Waals surface area contributed by atoms with E-state index in [0.717, 1.165) is 12.1 Å². The Morgan fingerprint density at radius 2 is 1.76 bits per heavy atom. The Morgan fingerprint density at radius 3 is 2.42 bits per heavy atom. The summed E-state index contributed by atoms with van der Waals surface area (Å²) in [7, 11) is -3.92. The lowest BCUT2D eigenvalue weighted by atomic mass is 10.1. The highest BCUT2D eigenvalue weighted by Crippen LogP contribution is 2.27. The topological polar surface area (TPSA) is 139 Å². The molecule has 0 aliphatic heterocycles. The van der Waals surface area contributed by atoms with Gasteiger partial charge in [-0.1, -0.05) is 23.7 Å². The van der Waals surface area contributed by atoms with Crippen molar-refractivity contribution in [3.05, 3.63) is 82.9 Å². The molecular formula is C23H23ClN2O6S. The lowest BCUT2D eigenvalue weighted by Crippen LogP contribution is -2.26. The number of halogens is 1. The first-order valence-corrected chi connectivity index (χ1v) is 11.8. The number of nitrogens with one attached hydrogen (secondary N) is 1. The maximum Gasteiger partial charge on any atom is 0.252 e. The molecule has 33 heavy (non-hydrogen) atoms. The number of primary amides is 1. The highest BCUT2D eigenvalue weighted by molar-refractivity contribution is 7.91. The Morgan fingerprint density at radius 1 is 1.06 bits per heavy atom. The molecule has 10 heteroatoms. The molecule has 3 aromatic rings. The maximum atomic E-state index is 12.8. The van der Waals surface area contributed by atoms with Crippen LogP contribution in [0.25, 0.3) is 0 Å². The fourth-order valence-electron chi connectivity index (χ4n) is 3.04. The predicted molar refractivity (Wildman–Crippen MR) is 123 cm³/mol. The van der Waals surface area contributed by atoms with Gasteiger partial charge in [0.15, 0.2) is 0 Å². The van der Waals surface area contributed by atoms with Crippen LogP contribution in [0.2, 0.25) is 5.02 Å². The summed E-state index contributed by atoms with van der Waals surface area (Å²) in [4.78, 5) is 11.2. The molecule has 3 rings (SSSR count). The minimum atomic E-state index is -3.92. The summed E-state index contributed by atoms with van der Waals surface area (Å²) in [5.74, 6) is -0.851. The number of aliphatic hydroxyl groups excluding tert-OH is 1. The average molecular weight is 491 g/mol. The molecule has 8 nitrogen and oxygen atoms in total. The van der Waals surface area contributed by atoms with E-state index in [1.807, 2.05) is 0 Å². The van der Waals surface area contributed by atoms with Gasteiger partial charge >= 0.3 is 0 Å². The van der Waals surface area contributed by atoms with E-state index in [-0.39, 0.29) is 21.1 Å². The number of amides is 1. The number of ether oxygens (including phenoxy) is 1. The van der Waals surface area contributed by atoms with Crippen molar-refractivity contribution in [3.8, 4) is 11.5 Å². The highest BCUT2D eigenvalue weighted by Gasteiger charge is 2.20. The summed E-state index contributed by atoms with van der Waals surface area (Å²) >= 11 is 5.92. The summed E-state index contributed by atoms with van der Waals surface area (Å²) in [6.45, 7) is 1.08. The molecule has 0 heterocycles. The van der Waals surface area contributed by atoms with Crippen LogP contribution in [0.4, 0.5) is 0 Å². The number of hydrogen-bond acceptors (Lipinski definition) is 7. The number of rotatable bonds is 10. The minimum Gasteiger partial charge on any atom is -0.507 e. The second-order valence-corrected chi connectivity index (χ2v) is 9.53. The lowest BCUT2D eigenvalue weighted by Gasteiger charge is -2.13. The fourth-order valence-corrected chi connectivity index (χ4v) is 4.53. The summed E-state index contributed by atoms with van der Waals surface area (Å²) in [5, 5.41) is 23.5. The molecule has 1 atom stereocenters. The molecule has 0 saturated carbocycles. The number of phenols is 1. The first-order valence-electron chi connectivity index (χ1n) is 9.93. The van der Waals surface area contributed by atoms with Crippen molar-refractivity contribution in [2.45, 2.75) is 15.9 Å². The summed E-state index contributed by atoms with van der Waals surface area (Å²) in [5.41, 5.74) is 5.61. The molecule has 0 aromatic heterocycles. The van der Waals surface area contributed by atoms with Crippen molar-refractivity contribution in [2.75, 3.05) is 19.7 Å². The second kappa shape index (κ2) is 10.7. The third-order valence-electron chi connectivity index (χ3n) is 4.80. The molecule has 0 fully saturated rings. The third kappa shape index (κ3) is 6.23. The molecule has 174 valence electrons. The molecule has 0 aliphatic rings. The van der Waals surface area contributed by atoms with E-state index in [1.165, 1.54) is 30.3 Å². The zero-order chi connectivity index (χ0) is 24.0. The van der Waals surface area contributed by atoms with Gasteiger partial charge in [0.2, 0.25) is 9.84 Å². The molecule has 0 bridgehead atoms. The molecular weight excluding hydrogens is 468 g/mol. The van der Waals surface area contributed by atoms with Crippen LogP contribution < -0.4 is 15.8 Å². The van der Waals surface area contributed by atoms with Gasteiger partial charge in [-0.25, -0.2) is 8.42 Å². The van der Waals surface area contributed by atoms with Crippen molar-refractivity contribution in [2.24, 2.45) is 5.73 Å². The zero-order valence-electron chi connectivity index (χ0n) is 17.4. The van der Waals surface area contributed by atoms with Gasteiger partial charge in [-0.15, -0.1) is 0 Å². The van der Waals surface area contributed by atoms with Crippen LogP contribution in [0.5, 0.6) is 11.5 Å². The summed E-state index contributed by atoms with van der Waals surface area (Å²) in [6, 6.07) is 16.2. The van der Waals surface area contributed by atoms with Crippen LogP contribution >= 0.6 is 11.6 Å². The number of carbonyl (C=O) groups excluding carboxylic acids is 1. The average Bonchev–Trinajstić information content (AvgIpc) is 2.79. The van der Waals surface area contributed by atoms with Gasteiger partial charge in [0.1, 0.15) is 18.1 Å². The van der Waals surface area contributed by atoms with E-state index < -0.39 is 21.8 Å². The predicted octanol–water partition coefficient (Wildman–Crippen LogP) is 2.68. The Hall–Kier alpha value is -3.11. The quantitative estimate of drug-likeness (QED) is 0.320. The van der Waals surface area contributed by atoms with Gasteiger partial charge in [-0.05, 0) is 60.2 Å². The molecule has 0 aliphatic carbocycles. The lowest BCUT2D eigenvalue weighted by molar-refractivity contribution is 0.0997. The van der Waals surface area contributed by atoms with E-state index in [0.29, 0.717) is 36.0 Å². The van der Waals surface area contributed by atoms with Gasteiger partial charge in [0, 0.05) is 18.1 Å². The van der Waals surface area contributed by atoms with Gasteiger partial charge in [-0.2, -0.15) is 0 Å². The summed E-state index contributed by atoms with van der Waals surface area (Å²) < 4.78 is 31.2. The van der Waals surface area contributed by atoms with Crippen LogP contribution in [0.3, 0.4) is 0 Å². The highest BCUT2D eigenvalue weighted by atomic mass is 35.5. The molecule has 0 spiro atoms. The first-order chi connectivity index (χ1) is 15.7. The van der Waals surface area contributed by atoms with Crippen molar-refractivity contribution in [3.63, 3.8) is 0 Å². The number of aliphatic hydroxyl groups is 1. The Balaban J connectivity index is 1.54. The molecule has 0 radical (unpaired) electrons. The normalized spacial score (nSPS) is 12.3. The van der Waals surface area contributed by atoms with Crippen molar-refractivity contribution >= 4 is 27.3 Å². The number of hydrogen-bond donors (Lipinski definition) is 4. The largest absolute Gasteiger partial charge is 0.507 e. The van der Waals surface area contributed by atoms with Gasteiger partial charge < -0.3 is 26.0 Å². The number of nitrogens with two attached hydrogens (primary N) is 1. The molecule has 3 aromatic carbocycles. The SMILES string of the molecule is NC(=O)c1cc(S(=O)(=O)c2ccc(OCCNC[C@@H](O)c3cccc(Cl)c3)cc2)ccc1O. The number of carbonyl (C=O) groups is 1. The number of aromatic hydroxyl groups is 1. The Kier molecular flexibility index (Phi) is 7.93. The van der Waals surface area contributed by atoms with Crippen molar-refractivity contribution < 1.29 is 28.2 Å². The van der Waals surface area contributed by atoms with E-state index in [4.69, 9.17) is 22.1 Å². The van der Waals surface area contributed by atoms with E-state index in [1.54, 1.807) is 24.3 Å². The zero-order valence-corrected chi connectivity index (χ0v) is 19.0. The third-order valence-corrected chi connectivity index (χ3v) is 6.80. The molecule has 0 saturated heterocycles. The fraction of sp³-hybridized carbons (Fsp3) is 0.174. The molecule has 0 unspecified atom stereocenters. The van der Waals surface area contributed by atoms with Gasteiger partial charge in [-0.3, -0.25) is 4.79 Å². The van der Waals surface area contributed by atoms with Crippen LogP contribution in [0, 0.1) is 0 Å². The molecule has 1 amide bonds. The van der Waals surface area contributed by atoms with E-state index >= 15 is 0 Å². The first kappa shape index (κ1) is 24.5. The van der Waals surface area contributed by atoms with Crippen LogP contribution in [0.1, 0.15) is 22.0 Å². The maximum absolute atomic E-state index is 12.8. The number of sulfone groups is 1. The summed E-state index contributed by atoms with van der Waals surface area (Å²) in [6.07, 6.45) is -0.705. The Bertz CT molecular complexity index is 1230. The van der Waals surface area contributed by atoms with Gasteiger partial charge in [0.05, 0.1) is 21.5 Å². The van der Waals surface area contributed by atoms with Gasteiger partial charge in [0.25, 0.3) is 5.91 Å². The van der Waals surface area contributed by atoms with Crippen LogP contribution in [-0.4, -0.2) is 44.2 Å². The van der Waals surface area contributed by atoms with E-state index in [9.17, 15) is 23.4 Å². The number of benzene rings is 3. The van der Waals surface area contributed by atoms with Crippen LogP contribution in [-0.2, 0) is 9.84 Å². The Labute approximate surface area is 196 Å². The standard InChI is InChI=1S/C23H23ClN2O6S/c24-16-3-1-2-15(12-16)22(28)14-26-10-11-32-17-4-6-18(7-5-17)33(30,31)19-8-9-21(27)20(13-19)23(25)29/h1-9,12-13,22,26-28H,10-11,14H2,(H2,25,29)/t22-/m1/s1. The van der Waals surface area contributed by atoms with Crippen molar-refractivity contribution in [1.82, 2.24) is 5.32 Å². The van der Waals surface area contributed by atoms with Crippen molar-refractivity contribution in [1.29, 1.82) is 0 Å². The minimum absolute atomic E-state index is 0.00118. The second-order valence-electron chi connectivity index (χ2n) is 7.14. The van der Waals surface area contributed by atoms with E-state index in [2.05, 4.69) is 5.32 Å².